The normalized spacial score (nSPS) is 9.03. The van der Waals surface area contributed by atoms with E-state index in [2.05, 4.69) is 15.3 Å². The van der Waals surface area contributed by atoms with Crippen LogP contribution in [-0.4, -0.2) is 39.2 Å². The van der Waals surface area contributed by atoms with Crippen LogP contribution in [0.5, 0.6) is 0 Å². The van der Waals surface area contributed by atoms with E-state index in [1.807, 2.05) is 44.4 Å². The Balaban J connectivity index is 0. The van der Waals surface area contributed by atoms with Crippen LogP contribution in [0.25, 0.3) is 5.65 Å². The van der Waals surface area contributed by atoms with Gasteiger partial charge in [0.1, 0.15) is 11.5 Å². The van der Waals surface area contributed by atoms with E-state index in [1.54, 1.807) is 32.4 Å². The second kappa shape index (κ2) is 13.6. The van der Waals surface area contributed by atoms with Crippen molar-refractivity contribution >= 4 is 29.2 Å². The van der Waals surface area contributed by atoms with Crippen molar-refractivity contribution in [1.82, 2.24) is 14.4 Å². The predicted octanol–water partition coefficient (Wildman–Crippen LogP) is 4.45. The first-order valence-corrected chi connectivity index (χ1v) is 9.77. The molecule has 0 aliphatic carbocycles. The number of carbonyl (C=O) groups is 2. The first-order chi connectivity index (χ1) is 14.4. The second-order valence-corrected chi connectivity index (χ2v) is 5.44. The number of pyridine rings is 2. The van der Waals surface area contributed by atoms with Gasteiger partial charge in [-0.05, 0) is 26.0 Å². The highest BCUT2D eigenvalue weighted by Gasteiger charge is 2.11. The number of aromatic nitrogens is 3. The monoisotopic (exact) mass is 415 g/mol. The van der Waals surface area contributed by atoms with Gasteiger partial charge in [-0.2, -0.15) is 0 Å². The highest BCUT2D eigenvalue weighted by molar-refractivity contribution is 5.96. The molecule has 0 saturated carbocycles. The molecule has 30 heavy (non-hydrogen) atoms. The molecule has 8 heteroatoms. The Bertz CT molecular complexity index is 1040. The molecule has 0 bridgehead atoms. The molecule has 3 rings (SSSR count). The van der Waals surface area contributed by atoms with Gasteiger partial charge in [-0.3, -0.25) is 14.4 Å². The fraction of sp³-hybridized carbons (Fsp3) is 0.318. The molecule has 0 unspecified atom stereocenters. The lowest BCUT2D eigenvalue weighted by Crippen LogP contribution is -2.19. The number of hydrogen-bond acceptors (Lipinski definition) is 6. The number of ketones is 2. The van der Waals surface area contributed by atoms with Crippen molar-refractivity contribution in [2.75, 3.05) is 12.4 Å². The summed E-state index contributed by atoms with van der Waals surface area (Å²) in [4.78, 5) is 40.4. The molecule has 8 nitrogen and oxygen atoms in total. The summed E-state index contributed by atoms with van der Waals surface area (Å²) >= 11 is 0. The molecule has 0 aliphatic rings. The van der Waals surface area contributed by atoms with Crippen molar-refractivity contribution in [3.63, 3.8) is 0 Å². The fourth-order valence-corrected chi connectivity index (χ4v) is 2.28. The van der Waals surface area contributed by atoms with Crippen LogP contribution in [0.3, 0.4) is 0 Å². The van der Waals surface area contributed by atoms with Crippen LogP contribution in [-0.2, 0) is 0 Å². The summed E-state index contributed by atoms with van der Waals surface area (Å²) in [5.74, 6) is 0.206. The third-order valence-electron chi connectivity index (χ3n) is 3.69. The average Bonchev–Trinajstić information content (AvgIpc) is 3.24. The summed E-state index contributed by atoms with van der Waals surface area (Å²) in [6, 6.07) is 3.61. The van der Waals surface area contributed by atoms with Gasteiger partial charge in [-0.25, -0.2) is 4.98 Å². The fourth-order valence-electron chi connectivity index (χ4n) is 2.28. The highest BCUT2D eigenvalue weighted by Crippen LogP contribution is 2.06. The molecule has 0 fully saturated rings. The van der Waals surface area contributed by atoms with Crippen LogP contribution in [0.1, 0.15) is 69.2 Å². The van der Waals surface area contributed by atoms with Crippen molar-refractivity contribution in [1.29, 1.82) is 5.41 Å². The number of nitrogens with one attached hydrogen (secondary N) is 3. The SMILES string of the molecule is CC.CC.CC(=O)c1ccc2nccn2c1.CNc1[nH]cc(C(C)=O)c(=O)c1C=N.[HH]. The summed E-state index contributed by atoms with van der Waals surface area (Å²) in [6.45, 7) is 10.9. The Labute approximate surface area is 178 Å². The standard InChI is InChI=1S/C9H11N3O2.C9H8N2O.2C2H6.H2/c1-5(13)7-4-12-9(11-2)6(3-10)8(7)14;1-7(12)8-2-3-9-10-4-5-11(9)6-8;2*1-2;/h3-4,10H,1-2H3,(H2,11,12,14);2-6H,1H3;2*1-2H3;1H. The van der Waals surface area contributed by atoms with Crippen molar-refractivity contribution in [2.24, 2.45) is 0 Å². The number of Topliss-reactive ketones (excluding diaryl/α,β-unsaturated/α-hetero) is 2. The van der Waals surface area contributed by atoms with Gasteiger partial charge in [0.05, 0.1) is 11.1 Å². The summed E-state index contributed by atoms with van der Waals surface area (Å²) < 4.78 is 1.83. The van der Waals surface area contributed by atoms with E-state index in [9.17, 15) is 14.4 Å². The molecule has 0 radical (unpaired) electrons. The number of anilines is 1. The third kappa shape index (κ3) is 6.80. The van der Waals surface area contributed by atoms with E-state index in [0.717, 1.165) is 11.9 Å². The zero-order chi connectivity index (χ0) is 23.3. The highest BCUT2D eigenvalue weighted by atomic mass is 16.1. The van der Waals surface area contributed by atoms with Crippen LogP contribution in [0.2, 0.25) is 0 Å². The minimum atomic E-state index is -0.421. The molecule has 3 aromatic heterocycles. The topological polar surface area (TPSA) is 120 Å². The van der Waals surface area contributed by atoms with E-state index >= 15 is 0 Å². The first kappa shape index (κ1) is 26.4. The van der Waals surface area contributed by atoms with Gasteiger partial charge in [0.2, 0.25) is 5.43 Å². The molecule has 0 spiro atoms. The van der Waals surface area contributed by atoms with Crippen molar-refractivity contribution in [3.8, 4) is 0 Å². The van der Waals surface area contributed by atoms with E-state index in [-0.39, 0.29) is 24.1 Å². The summed E-state index contributed by atoms with van der Waals surface area (Å²) in [5.41, 5.74) is 1.39. The van der Waals surface area contributed by atoms with E-state index < -0.39 is 5.43 Å². The second-order valence-electron chi connectivity index (χ2n) is 5.44. The van der Waals surface area contributed by atoms with Gasteiger partial charge >= 0.3 is 0 Å². The quantitative estimate of drug-likeness (QED) is 0.429. The van der Waals surface area contributed by atoms with Gasteiger partial charge in [0.15, 0.2) is 11.6 Å². The van der Waals surface area contributed by atoms with E-state index in [4.69, 9.17) is 5.41 Å². The van der Waals surface area contributed by atoms with E-state index in [0.29, 0.717) is 11.4 Å². The number of aromatic amines is 1. The Kier molecular flexibility index (Phi) is 12.0. The molecule has 0 aromatic carbocycles. The van der Waals surface area contributed by atoms with Gasteiger partial charge < -0.3 is 20.1 Å². The van der Waals surface area contributed by atoms with Crippen LogP contribution in [0.15, 0.2) is 41.7 Å². The lowest BCUT2D eigenvalue weighted by molar-refractivity contribution is 0.100. The average molecular weight is 416 g/mol. The molecule has 3 N–H and O–H groups in total. The third-order valence-corrected chi connectivity index (χ3v) is 3.69. The molecular weight excluding hydrogens is 382 g/mol. The largest absolute Gasteiger partial charge is 0.374 e. The van der Waals surface area contributed by atoms with E-state index in [1.165, 1.54) is 13.1 Å². The van der Waals surface area contributed by atoms with Gasteiger partial charge in [-0.15, -0.1) is 0 Å². The molecule has 164 valence electrons. The molecule has 0 saturated heterocycles. The summed E-state index contributed by atoms with van der Waals surface area (Å²) in [7, 11) is 1.63. The minimum absolute atomic E-state index is 0. The number of nitrogens with zero attached hydrogens (tertiary/aromatic N) is 2. The molecule has 3 aromatic rings. The zero-order valence-corrected chi connectivity index (χ0v) is 18.7. The molecule has 0 amide bonds. The molecule has 0 atom stereocenters. The maximum absolute atomic E-state index is 11.6. The Morgan fingerprint density at radius 2 is 1.80 bits per heavy atom. The maximum Gasteiger partial charge on any atom is 0.203 e. The predicted molar refractivity (Wildman–Crippen MR) is 125 cm³/mol. The lowest BCUT2D eigenvalue weighted by atomic mass is 10.1. The first-order valence-electron chi connectivity index (χ1n) is 9.77. The number of hydrogen-bond donors (Lipinski definition) is 3. The number of imidazole rings is 1. The smallest absolute Gasteiger partial charge is 0.203 e. The van der Waals surface area contributed by atoms with Crippen molar-refractivity contribution < 1.29 is 11.0 Å². The number of fused-ring (bicyclic) bond motifs is 1. The van der Waals surface area contributed by atoms with Crippen LogP contribution in [0, 0.1) is 5.41 Å². The summed E-state index contributed by atoms with van der Waals surface area (Å²) in [6.07, 6.45) is 7.59. The van der Waals surface area contributed by atoms with Crippen molar-refractivity contribution in [2.45, 2.75) is 41.5 Å². The maximum atomic E-state index is 11.6. The van der Waals surface area contributed by atoms with Gasteiger partial charge in [0.25, 0.3) is 0 Å². The molecule has 3 heterocycles. The summed E-state index contributed by atoms with van der Waals surface area (Å²) in [5, 5.41) is 9.81. The Morgan fingerprint density at radius 3 is 2.30 bits per heavy atom. The molecular formula is C22H33N5O3. The number of carbonyl (C=O) groups excluding carboxylic acids is 2. The van der Waals surface area contributed by atoms with Crippen molar-refractivity contribution in [3.05, 3.63) is 63.8 Å². The van der Waals surface area contributed by atoms with Crippen LogP contribution < -0.4 is 10.7 Å². The zero-order valence-electron chi connectivity index (χ0n) is 18.7. The minimum Gasteiger partial charge on any atom is -0.374 e. The van der Waals surface area contributed by atoms with Gasteiger partial charge in [-0.1, -0.05) is 27.7 Å². The van der Waals surface area contributed by atoms with Crippen LogP contribution >= 0.6 is 0 Å². The van der Waals surface area contributed by atoms with Gasteiger partial charge in [0, 0.05) is 45.0 Å². The van der Waals surface area contributed by atoms with Crippen LogP contribution in [0.4, 0.5) is 5.82 Å². The Morgan fingerprint density at radius 1 is 1.17 bits per heavy atom. The lowest BCUT2D eigenvalue weighted by Gasteiger charge is -2.04. The number of rotatable bonds is 4. The Hall–Kier alpha value is -3.55. The number of H-pyrrole nitrogens is 1. The molecule has 0 aliphatic heterocycles.